The minimum Gasteiger partial charge on any atom is -0.370 e. The van der Waals surface area contributed by atoms with E-state index in [9.17, 15) is 0 Å². The number of nitrogens with two attached hydrogens (primary N) is 2. The molecule has 0 spiro atoms. The molecule has 0 fully saturated rings. The van der Waals surface area contributed by atoms with Crippen LogP contribution in [0.25, 0.3) is 10.9 Å². The fraction of sp³-hybridized carbons (Fsp3) is 0.0909. The number of fused-ring (bicyclic) bond motifs is 1. The Hall–Kier alpha value is -2.34. The normalized spacial score (nSPS) is 23.5. The number of H-pyrrole nitrogens is 1. The number of nitrogens with one attached hydrogen (secondary N) is 2. The highest BCUT2D eigenvalue weighted by molar-refractivity contribution is 5.82. The van der Waals surface area contributed by atoms with Crippen molar-refractivity contribution >= 4 is 16.9 Å². The lowest BCUT2D eigenvalue weighted by atomic mass is 9.99. The lowest BCUT2D eigenvalue weighted by molar-refractivity contribution is 0.582. The van der Waals surface area contributed by atoms with Gasteiger partial charge in [-0.1, -0.05) is 12.1 Å². The molecular weight excluding hydrogens is 216 g/mol. The highest BCUT2D eigenvalue weighted by atomic mass is 15.2. The number of nitrogens with zero attached hydrogens (tertiary/aromatic N) is 2. The zero-order chi connectivity index (χ0) is 11.9. The first-order valence-corrected chi connectivity index (χ1v) is 5.19. The quantitative estimate of drug-likeness (QED) is 0.555. The van der Waals surface area contributed by atoms with Gasteiger partial charge >= 0.3 is 0 Å². The van der Waals surface area contributed by atoms with Crippen LogP contribution < -0.4 is 16.8 Å². The van der Waals surface area contributed by atoms with Gasteiger partial charge in [0.2, 0.25) is 0 Å². The third-order valence-corrected chi connectivity index (χ3v) is 2.78. The predicted molar refractivity (Wildman–Crippen MR) is 65.9 cm³/mol. The van der Waals surface area contributed by atoms with Crippen LogP contribution in [0.1, 0.15) is 5.56 Å². The SMILES string of the molecule is NC1=NC(N)(c2ccc3cn[nH]c3c2)C=CN1. The molecule has 0 saturated carbocycles. The van der Waals surface area contributed by atoms with E-state index in [0.29, 0.717) is 5.96 Å². The molecule has 86 valence electrons. The van der Waals surface area contributed by atoms with Gasteiger partial charge in [-0.3, -0.25) is 10.8 Å². The second kappa shape index (κ2) is 3.33. The molecule has 1 atom stereocenters. The molecule has 0 amide bonds. The summed E-state index contributed by atoms with van der Waals surface area (Å²) in [5.74, 6) is 0.305. The summed E-state index contributed by atoms with van der Waals surface area (Å²) < 4.78 is 0. The molecule has 17 heavy (non-hydrogen) atoms. The van der Waals surface area contributed by atoms with Crippen molar-refractivity contribution in [1.82, 2.24) is 15.5 Å². The van der Waals surface area contributed by atoms with E-state index in [-0.39, 0.29) is 0 Å². The van der Waals surface area contributed by atoms with Crippen LogP contribution >= 0.6 is 0 Å². The first-order chi connectivity index (χ1) is 8.17. The maximum Gasteiger partial charge on any atom is 0.195 e. The van der Waals surface area contributed by atoms with Crippen LogP contribution in [0.2, 0.25) is 0 Å². The summed E-state index contributed by atoms with van der Waals surface area (Å²) >= 11 is 0. The van der Waals surface area contributed by atoms with Crippen LogP contribution in [-0.2, 0) is 5.66 Å². The average molecular weight is 228 g/mol. The zero-order valence-corrected chi connectivity index (χ0v) is 9.01. The van der Waals surface area contributed by atoms with E-state index in [1.165, 1.54) is 0 Å². The molecule has 6 heteroatoms. The molecule has 0 aliphatic carbocycles. The largest absolute Gasteiger partial charge is 0.370 e. The standard InChI is InChI=1S/C11H12N6/c12-10-14-4-3-11(13,16-10)8-2-1-7-6-15-17-9(7)5-8/h1-6H,13H2,(H,15,17)(H3,12,14,16). The van der Waals surface area contributed by atoms with Crippen LogP contribution in [0.4, 0.5) is 0 Å². The van der Waals surface area contributed by atoms with Crippen molar-refractivity contribution in [2.75, 3.05) is 0 Å². The van der Waals surface area contributed by atoms with Gasteiger partial charge in [0.25, 0.3) is 0 Å². The second-order valence-electron chi connectivity index (χ2n) is 3.97. The summed E-state index contributed by atoms with van der Waals surface area (Å²) in [7, 11) is 0. The van der Waals surface area contributed by atoms with Crippen molar-refractivity contribution in [1.29, 1.82) is 0 Å². The Morgan fingerprint density at radius 1 is 1.29 bits per heavy atom. The summed E-state index contributed by atoms with van der Waals surface area (Å²) in [6.07, 6.45) is 5.22. The number of hydrogen-bond donors (Lipinski definition) is 4. The Balaban J connectivity index is 2.13. The monoisotopic (exact) mass is 228 g/mol. The number of guanidine groups is 1. The van der Waals surface area contributed by atoms with Gasteiger partial charge in [-0.25, -0.2) is 4.99 Å². The van der Waals surface area contributed by atoms with Gasteiger partial charge in [-0.15, -0.1) is 0 Å². The Kier molecular flexibility index (Phi) is 1.93. The number of aromatic nitrogens is 2. The molecule has 3 rings (SSSR count). The molecule has 1 aromatic heterocycles. The van der Waals surface area contributed by atoms with E-state index < -0.39 is 5.66 Å². The van der Waals surface area contributed by atoms with Gasteiger partial charge in [0.1, 0.15) is 0 Å². The van der Waals surface area contributed by atoms with Crippen molar-refractivity contribution in [2.45, 2.75) is 5.66 Å². The van der Waals surface area contributed by atoms with Gasteiger partial charge in [-0.05, 0) is 12.1 Å². The Morgan fingerprint density at radius 2 is 2.18 bits per heavy atom. The lowest BCUT2D eigenvalue weighted by Gasteiger charge is -2.25. The van der Waals surface area contributed by atoms with Crippen LogP contribution in [0, 0.1) is 0 Å². The van der Waals surface area contributed by atoms with Crippen LogP contribution in [0.3, 0.4) is 0 Å². The molecule has 1 aliphatic rings. The average Bonchev–Trinajstić information content (AvgIpc) is 2.75. The fourth-order valence-corrected chi connectivity index (χ4v) is 1.87. The van der Waals surface area contributed by atoms with Crippen molar-refractivity contribution in [3.8, 4) is 0 Å². The first kappa shape index (κ1) is 9.86. The Bertz CT molecular complexity index is 626. The summed E-state index contributed by atoms with van der Waals surface area (Å²) in [4.78, 5) is 4.22. The molecule has 2 heterocycles. The van der Waals surface area contributed by atoms with E-state index in [1.54, 1.807) is 18.5 Å². The molecule has 6 nitrogen and oxygen atoms in total. The summed E-state index contributed by atoms with van der Waals surface area (Å²) in [6, 6.07) is 5.80. The molecule has 1 unspecified atom stereocenters. The smallest absolute Gasteiger partial charge is 0.195 e. The number of hydrogen-bond acceptors (Lipinski definition) is 5. The van der Waals surface area contributed by atoms with E-state index in [4.69, 9.17) is 11.5 Å². The van der Waals surface area contributed by atoms with E-state index in [1.807, 2.05) is 18.2 Å². The third-order valence-electron chi connectivity index (χ3n) is 2.78. The molecule has 1 aliphatic heterocycles. The fourth-order valence-electron chi connectivity index (χ4n) is 1.87. The van der Waals surface area contributed by atoms with Gasteiger partial charge in [0.05, 0.1) is 11.7 Å². The van der Waals surface area contributed by atoms with Crippen LogP contribution in [0.15, 0.2) is 41.7 Å². The summed E-state index contributed by atoms with van der Waals surface area (Å²) in [5, 5.41) is 10.7. The summed E-state index contributed by atoms with van der Waals surface area (Å²) in [5.41, 5.74) is 12.7. The Morgan fingerprint density at radius 3 is 3.00 bits per heavy atom. The molecule has 6 N–H and O–H groups in total. The number of rotatable bonds is 1. The molecule has 0 saturated heterocycles. The first-order valence-electron chi connectivity index (χ1n) is 5.19. The number of aliphatic imine (C=N–C) groups is 1. The van der Waals surface area contributed by atoms with Crippen molar-refractivity contribution in [2.24, 2.45) is 16.5 Å². The molecule has 0 bridgehead atoms. The number of aromatic amines is 1. The topological polar surface area (TPSA) is 105 Å². The van der Waals surface area contributed by atoms with Crippen LogP contribution in [0.5, 0.6) is 0 Å². The predicted octanol–water partition coefficient (Wildman–Crippen LogP) is 0.106. The van der Waals surface area contributed by atoms with Crippen LogP contribution in [-0.4, -0.2) is 16.2 Å². The minimum absolute atomic E-state index is 0.305. The third kappa shape index (κ3) is 1.55. The second-order valence-corrected chi connectivity index (χ2v) is 3.97. The highest BCUT2D eigenvalue weighted by Gasteiger charge is 2.26. The Labute approximate surface area is 97.4 Å². The van der Waals surface area contributed by atoms with Gasteiger partial charge in [0, 0.05) is 17.1 Å². The van der Waals surface area contributed by atoms with Gasteiger partial charge < -0.3 is 11.1 Å². The van der Waals surface area contributed by atoms with Gasteiger partial charge in [0.15, 0.2) is 11.6 Å². The van der Waals surface area contributed by atoms with Crippen molar-refractivity contribution in [3.63, 3.8) is 0 Å². The van der Waals surface area contributed by atoms with E-state index in [0.717, 1.165) is 16.5 Å². The molecular formula is C11H12N6. The molecule has 1 aromatic carbocycles. The van der Waals surface area contributed by atoms with Crippen molar-refractivity contribution in [3.05, 3.63) is 42.2 Å². The highest BCUT2D eigenvalue weighted by Crippen LogP contribution is 2.25. The van der Waals surface area contributed by atoms with E-state index in [2.05, 4.69) is 20.5 Å². The minimum atomic E-state index is -0.922. The maximum absolute atomic E-state index is 6.20. The maximum atomic E-state index is 6.20. The zero-order valence-electron chi connectivity index (χ0n) is 9.01. The van der Waals surface area contributed by atoms with E-state index >= 15 is 0 Å². The molecule has 2 aromatic rings. The summed E-state index contributed by atoms with van der Waals surface area (Å²) in [6.45, 7) is 0. The number of benzene rings is 1. The van der Waals surface area contributed by atoms with Gasteiger partial charge in [-0.2, -0.15) is 5.10 Å². The lowest BCUT2D eigenvalue weighted by Crippen LogP contribution is -2.42. The van der Waals surface area contributed by atoms with Crippen molar-refractivity contribution < 1.29 is 0 Å². The molecule has 0 radical (unpaired) electrons.